The van der Waals surface area contributed by atoms with E-state index in [4.69, 9.17) is 27.9 Å². The molecule has 19 heavy (non-hydrogen) atoms. The van der Waals surface area contributed by atoms with Gasteiger partial charge in [0.15, 0.2) is 0 Å². The van der Waals surface area contributed by atoms with Gasteiger partial charge in [-0.1, -0.05) is 29.3 Å². The number of amides is 1. The van der Waals surface area contributed by atoms with Crippen LogP contribution in [0.4, 0.5) is 0 Å². The standard InChI is InChI=1S/C14H17Cl2NO2/c15-12-5-3-10(8-13(12)16)4-6-14(18)17-9-11-2-1-7-19-11/h3,5,8,11H,1-2,4,6-7,9H2,(H,17,18)/t11-/m1/s1. The number of carbonyl (C=O) groups is 1. The van der Waals surface area contributed by atoms with Crippen LogP contribution in [-0.2, 0) is 16.0 Å². The lowest BCUT2D eigenvalue weighted by Gasteiger charge is -2.10. The molecule has 3 nitrogen and oxygen atoms in total. The molecule has 1 fully saturated rings. The Labute approximate surface area is 123 Å². The van der Waals surface area contributed by atoms with Crippen LogP contribution in [0.2, 0.25) is 10.0 Å². The first-order valence-electron chi connectivity index (χ1n) is 6.47. The van der Waals surface area contributed by atoms with Gasteiger partial charge in [-0.05, 0) is 37.0 Å². The summed E-state index contributed by atoms with van der Waals surface area (Å²) in [6, 6.07) is 5.45. The van der Waals surface area contributed by atoms with E-state index >= 15 is 0 Å². The maximum Gasteiger partial charge on any atom is 0.220 e. The summed E-state index contributed by atoms with van der Waals surface area (Å²) in [5, 5.41) is 3.96. The number of hydrogen-bond donors (Lipinski definition) is 1. The van der Waals surface area contributed by atoms with Crippen LogP contribution in [0, 0.1) is 0 Å². The van der Waals surface area contributed by atoms with Gasteiger partial charge in [0.25, 0.3) is 0 Å². The molecule has 1 N–H and O–H groups in total. The highest BCUT2D eigenvalue weighted by Crippen LogP contribution is 2.23. The zero-order valence-corrected chi connectivity index (χ0v) is 12.1. The predicted octanol–water partition coefficient (Wildman–Crippen LogP) is 3.22. The largest absolute Gasteiger partial charge is 0.376 e. The topological polar surface area (TPSA) is 38.3 Å². The van der Waals surface area contributed by atoms with E-state index < -0.39 is 0 Å². The lowest BCUT2D eigenvalue weighted by atomic mass is 10.1. The molecule has 5 heteroatoms. The van der Waals surface area contributed by atoms with Crippen LogP contribution in [0.5, 0.6) is 0 Å². The van der Waals surface area contributed by atoms with Crippen LogP contribution in [0.1, 0.15) is 24.8 Å². The van der Waals surface area contributed by atoms with Crippen molar-refractivity contribution in [3.05, 3.63) is 33.8 Å². The highest BCUT2D eigenvalue weighted by Gasteiger charge is 2.15. The third-order valence-corrected chi connectivity index (χ3v) is 3.91. The van der Waals surface area contributed by atoms with Crippen LogP contribution >= 0.6 is 23.2 Å². The molecule has 1 heterocycles. The normalized spacial score (nSPS) is 18.5. The zero-order valence-electron chi connectivity index (χ0n) is 10.6. The maximum atomic E-state index is 11.7. The Hall–Kier alpha value is -0.770. The van der Waals surface area contributed by atoms with Gasteiger partial charge < -0.3 is 10.1 Å². The van der Waals surface area contributed by atoms with E-state index in [2.05, 4.69) is 5.32 Å². The van der Waals surface area contributed by atoms with Crippen LogP contribution in [0.25, 0.3) is 0 Å². The SMILES string of the molecule is O=C(CCc1ccc(Cl)c(Cl)c1)NC[C@H]1CCCO1. The van der Waals surface area contributed by atoms with E-state index in [-0.39, 0.29) is 12.0 Å². The molecule has 0 unspecified atom stereocenters. The quantitative estimate of drug-likeness (QED) is 0.907. The first kappa shape index (κ1) is 14.6. The maximum absolute atomic E-state index is 11.7. The van der Waals surface area contributed by atoms with Crippen molar-refractivity contribution in [1.82, 2.24) is 5.32 Å². The molecule has 1 amide bonds. The van der Waals surface area contributed by atoms with Crippen LogP contribution in [0.3, 0.4) is 0 Å². The zero-order chi connectivity index (χ0) is 13.7. The molecule has 2 rings (SSSR count). The van der Waals surface area contributed by atoms with Gasteiger partial charge in [-0.15, -0.1) is 0 Å². The van der Waals surface area contributed by atoms with Crippen LogP contribution in [0.15, 0.2) is 18.2 Å². The molecule has 1 aromatic carbocycles. The molecular weight excluding hydrogens is 285 g/mol. The van der Waals surface area contributed by atoms with Gasteiger partial charge in [0.05, 0.1) is 16.1 Å². The predicted molar refractivity (Wildman–Crippen MR) is 76.8 cm³/mol. The minimum Gasteiger partial charge on any atom is -0.376 e. The van der Waals surface area contributed by atoms with Gasteiger partial charge in [-0.25, -0.2) is 0 Å². The third kappa shape index (κ3) is 4.68. The summed E-state index contributed by atoms with van der Waals surface area (Å²) < 4.78 is 5.45. The van der Waals surface area contributed by atoms with E-state index in [0.29, 0.717) is 29.4 Å². The molecule has 104 valence electrons. The number of aryl methyl sites for hydroxylation is 1. The summed E-state index contributed by atoms with van der Waals surface area (Å²) in [5.74, 6) is 0.0431. The smallest absolute Gasteiger partial charge is 0.220 e. The Bertz CT molecular complexity index is 445. The molecule has 0 radical (unpaired) electrons. The molecule has 0 bridgehead atoms. The first-order valence-corrected chi connectivity index (χ1v) is 7.23. The number of rotatable bonds is 5. The Morgan fingerprint density at radius 1 is 1.37 bits per heavy atom. The molecule has 0 saturated carbocycles. The number of hydrogen-bond acceptors (Lipinski definition) is 2. The van der Waals surface area contributed by atoms with Gasteiger partial charge in [0, 0.05) is 19.6 Å². The van der Waals surface area contributed by atoms with Gasteiger partial charge >= 0.3 is 0 Å². The Morgan fingerprint density at radius 3 is 2.89 bits per heavy atom. The summed E-state index contributed by atoms with van der Waals surface area (Å²) in [5.41, 5.74) is 1.02. The van der Waals surface area contributed by atoms with Gasteiger partial charge in [-0.3, -0.25) is 4.79 Å². The number of ether oxygens (including phenoxy) is 1. The van der Waals surface area contributed by atoms with Gasteiger partial charge in [0.2, 0.25) is 5.91 Å². The lowest BCUT2D eigenvalue weighted by Crippen LogP contribution is -2.31. The summed E-state index contributed by atoms with van der Waals surface area (Å²) in [6.07, 6.45) is 3.42. The van der Waals surface area contributed by atoms with Crippen LogP contribution < -0.4 is 5.32 Å². The van der Waals surface area contributed by atoms with Gasteiger partial charge in [-0.2, -0.15) is 0 Å². The molecular formula is C14H17Cl2NO2. The number of carbonyl (C=O) groups excluding carboxylic acids is 1. The van der Waals surface area contributed by atoms with Crippen molar-refractivity contribution in [3.8, 4) is 0 Å². The molecule has 1 aliphatic heterocycles. The van der Waals surface area contributed by atoms with E-state index in [0.717, 1.165) is 25.0 Å². The Morgan fingerprint density at radius 2 is 2.21 bits per heavy atom. The van der Waals surface area contributed by atoms with Crippen LogP contribution in [-0.4, -0.2) is 25.2 Å². The van der Waals surface area contributed by atoms with E-state index in [1.54, 1.807) is 12.1 Å². The van der Waals surface area contributed by atoms with Crippen molar-refractivity contribution < 1.29 is 9.53 Å². The number of nitrogens with one attached hydrogen (secondary N) is 1. The second kappa shape index (κ2) is 7.13. The average molecular weight is 302 g/mol. The van der Waals surface area contributed by atoms with E-state index in [1.165, 1.54) is 0 Å². The fourth-order valence-electron chi connectivity index (χ4n) is 2.07. The fraction of sp³-hybridized carbons (Fsp3) is 0.500. The number of halogens is 2. The Kier molecular flexibility index (Phi) is 5.49. The van der Waals surface area contributed by atoms with E-state index in [1.807, 2.05) is 6.07 Å². The molecule has 0 aliphatic carbocycles. The highest BCUT2D eigenvalue weighted by molar-refractivity contribution is 6.42. The average Bonchev–Trinajstić information content (AvgIpc) is 2.91. The molecule has 0 aromatic heterocycles. The summed E-state index contributed by atoms with van der Waals surface area (Å²) in [7, 11) is 0. The van der Waals surface area contributed by atoms with Gasteiger partial charge in [0.1, 0.15) is 0 Å². The monoisotopic (exact) mass is 301 g/mol. The second-order valence-electron chi connectivity index (χ2n) is 4.69. The molecule has 1 saturated heterocycles. The lowest BCUT2D eigenvalue weighted by molar-refractivity contribution is -0.121. The summed E-state index contributed by atoms with van der Waals surface area (Å²) in [4.78, 5) is 11.7. The number of benzene rings is 1. The first-order chi connectivity index (χ1) is 9.15. The second-order valence-corrected chi connectivity index (χ2v) is 5.50. The minimum atomic E-state index is 0.0431. The van der Waals surface area contributed by atoms with Crippen molar-refractivity contribution in [2.45, 2.75) is 31.8 Å². The molecule has 1 atom stereocenters. The van der Waals surface area contributed by atoms with E-state index in [9.17, 15) is 4.79 Å². The molecule has 1 aromatic rings. The Balaban J connectivity index is 1.71. The molecule has 0 spiro atoms. The summed E-state index contributed by atoms with van der Waals surface area (Å²) >= 11 is 11.8. The summed E-state index contributed by atoms with van der Waals surface area (Å²) in [6.45, 7) is 1.42. The van der Waals surface area contributed by atoms with Crippen molar-refractivity contribution in [1.29, 1.82) is 0 Å². The van der Waals surface area contributed by atoms with Crippen molar-refractivity contribution in [3.63, 3.8) is 0 Å². The van der Waals surface area contributed by atoms with Crippen molar-refractivity contribution in [2.24, 2.45) is 0 Å². The highest BCUT2D eigenvalue weighted by atomic mass is 35.5. The van der Waals surface area contributed by atoms with Crippen molar-refractivity contribution >= 4 is 29.1 Å². The molecule has 1 aliphatic rings. The van der Waals surface area contributed by atoms with Crippen molar-refractivity contribution in [2.75, 3.05) is 13.2 Å². The third-order valence-electron chi connectivity index (χ3n) is 3.18. The minimum absolute atomic E-state index is 0.0431. The fourth-order valence-corrected chi connectivity index (χ4v) is 2.40.